The molecule has 24 heavy (non-hydrogen) atoms. The minimum absolute atomic E-state index is 0.143. The number of esters is 1. The number of nitrogens with one attached hydrogen (secondary N) is 1. The third-order valence-corrected chi connectivity index (χ3v) is 3.48. The van der Waals surface area contributed by atoms with Gasteiger partial charge in [0.25, 0.3) is 0 Å². The van der Waals surface area contributed by atoms with Crippen molar-refractivity contribution in [3.05, 3.63) is 47.7 Å². The van der Waals surface area contributed by atoms with Crippen LogP contribution in [-0.2, 0) is 16.0 Å². The SMILES string of the molecule is COC(=O)c1ccc(Nc2cccc(CN3CCOC3=O)c2)nn1. The number of benzene rings is 1. The van der Waals surface area contributed by atoms with Gasteiger partial charge < -0.3 is 19.7 Å². The first kappa shape index (κ1) is 15.7. The lowest BCUT2D eigenvalue weighted by Gasteiger charge is -2.13. The zero-order chi connectivity index (χ0) is 16.9. The average Bonchev–Trinajstić information content (AvgIpc) is 3.00. The Balaban J connectivity index is 1.68. The molecule has 3 rings (SSSR count). The lowest BCUT2D eigenvalue weighted by molar-refractivity contribution is 0.0592. The predicted molar refractivity (Wildman–Crippen MR) is 84.9 cm³/mol. The molecule has 1 aliphatic heterocycles. The van der Waals surface area contributed by atoms with Crippen LogP contribution in [0.4, 0.5) is 16.3 Å². The van der Waals surface area contributed by atoms with Crippen LogP contribution in [0.3, 0.4) is 0 Å². The second-order valence-electron chi connectivity index (χ2n) is 5.16. The van der Waals surface area contributed by atoms with Gasteiger partial charge in [0.1, 0.15) is 6.61 Å². The maximum Gasteiger partial charge on any atom is 0.410 e. The normalized spacial score (nSPS) is 13.5. The second-order valence-corrected chi connectivity index (χ2v) is 5.16. The fourth-order valence-corrected chi connectivity index (χ4v) is 2.30. The average molecular weight is 328 g/mol. The molecule has 0 aliphatic carbocycles. The van der Waals surface area contributed by atoms with Crippen molar-refractivity contribution in [2.45, 2.75) is 6.54 Å². The number of amides is 1. The number of aromatic nitrogens is 2. The van der Waals surface area contributed by atoms with Gasteiger partial charge in [-0.05, 0) is 29.8 Å². The van der Waals surface area contributed by atoms with Gasteiger partial charge in [0.05, 0.1) is 13.7 Å². The summed E-state index contributed by atoms with van der Waals surface area (Å²) < 4.78 is 9.50. The van der Waals surface area contributed by atoms with Crippen LogP contribution in [0.2, 0.25) is 0 Å². The van der Waals surface area contributed by atoms with E-state index < -0.39 is 5.97 Å². The summed E-state index contributed by atoms with van der Waals surface area (Å²) in [5.74, 6) is -0.0334. The van der Waals surface area contributed by atoms with Crippen LogP contribution in [0, 0.1) is 0 Å². The standard InChI is InChI=1S/C16H16N4O4/c1-23-15(21)13-5-6-14(19-18-13)17-12-4-2-3-11(9-12)10-20-7-8-24-16(20)22/h2-6,9H,7-8,10H2,1H3,(H,17,19). The highest BCUT2D eigenvalue weighted by Crippen LogP contribution is 2.18. The zero-order valence-corrected chi connectivity index (χ0v) is 13.1. The highest BCUT2D eigenvalue weighted by molar-refractivity contribution is 5.87. The number of ether oxygens (including phenoxy) is 2. The van der Waals surface area contributed by atoms with E-state index in [0.29, 0.717) is 25.5 Å². The van der Waals surface area contributed by atoms with Crippen LogP contribution in [0.25, 0.3) is 0 Å². The molecule has 0 atom stereocenters. The molecule has 1 aromatic heterocycles. The van der Waals surface area contributed by atoms with Crippen molar-refractivity contribution in [3.63, 3.8) is 0 Å². The fourth-order valence-electron chi connectivity index (χ4n) is 2.30. The third kappa shape index (κ3) is 3.60. The van der Waals surface area contributed by atoms with E-state index in [1.807, 2.05) is 24.3 Å². The lowest BCUT2D eigenvalue weighted by Crippen LogP contribution is -2.23. The predicted octanol–water partition coefficient (Wildman–Crippen LogP) is 1.96. The minimum Gasteiger partial charge on any atom is -0.464 e. The summed E-state index contributed by atoms with van der Waals surface area (Å²) in [5.41, 5.74) is 1.92. The number of hydrogen-bond donors (Lipinski definition) is 1. The maximum atomic E-state index is 11.5. The molecule has 1 aromatic carbocycles. The minimum atomic E-state index is -0.534. The molecule has 1 amide bonds. The van der Waals surface area contributed by atoms with Crippen LogP contribution >= 0.6 is 0 Å². The van der Waals surface area contributed by atoms with Gasteiger partial charge in [0.15, 0.2) is 11.5 Å². The van der Waals surface area contributed by atoms with Crippen LogP contribution in [-0.4, -0.2) is 47.4 Å². The van der Waals surface area contributed by atoms with Crippen LogP contribution in [0.5, 0.6) is 0 Å². The molecule has 2 aromatic rings. The van der Waals surface area contributed by atoms with E-state index in [-0.39, 0.29) is 11.8 Å². The Morgan fingerprint density at radius 3 is 2.88 bits per heavy atom. The van der Waals surface area contributed by atoms with Gasteiger partial charge >= 0.3 is 12.1 Å². The largest absolute Gasteiger partial charge is 0.464 e. The van der Waals surface area contributed by atoms with Crippen molar-refractivity contribution in [3.8, 4) is 0 Å². The molecule has 0 unspecified atom stereocenters. The molecular formula is C16H16N4O4. The first-order valence-corrected chi connectivity index (χ1v) is 7.35. The number of methoxy groups -OCH3 is 1. The number of rotatable bonds is 5. The van der Waals surface area contributed by atoms with E-state index in [9.17, 15) is 9.59 Å². The number of nitrogens with zero attached hydrogens (tertiary/aromatic N) is 3. The van der Waals surface area contributed by atoms with Crippen molar-refractivity contribution >= 4 is 23.6 Å². The number of carbonyl (C=O) groups is 2. The molecule has 1 N–H and O–H groups in total. The second kappa shape index (κ2) is 6.95. The number of carbonyl (C=O) groups excluding carboxylic acids is 2. The van der Waals surface area contributed by atoms with Crippen LogP contribution in [0.15, 0.2) is 36.4 Å². The van der Waals surface area contributed by atoms with E-state index in [2.05, 4.69) is 20.3 Å². The molecule has 124 valence electrons. The van der Waals surface area contributed by atoms with Gasteiger partial charge in [0, 0.05) is 12.2 Å². The summed E-state index contributed by atoms with van der Waals surface area (Å²) >= 11 is 0. The Labute approximate surface area is 138 Å². The molecular weight excluding hydrogens is 312 g/mol. The third-order valence-electron chi connectivity index (χ3n) is 3.48. The lowest BCUT2D eigenvalue weighted by atomic mass is 10.2. The Kier molecular flexibility index (Phi) is 4.55. The Morgan fingerprint density at radius 1 is 1.33 bits per heavy atom. The first-order chi connectivity index (χ1) is 11.7. The summed E-state index contributed by atoms with van der Waals surface area (Å²) in [7, 11) is 1.29. The molecule has 1 aliphatic rings. The van der Waals surface area contributed by atoms with Crippen molar-refractivity contribution < 1.29 is 19.1 Å². The topological polar surface area (TPSA) is 93.7 Å². The van der Waals surface area contributed by atoms with Crippen molar-refractivity contribution in [1.29, 1.82) is 0 Å². The fraction of sp³-hybridized carbons (Fsp3) is 0.250. The molecule has 8 nitrogen and oxygen atoms in total. The highest BCUT2D eigenvalue weighted by atomic mass is 16.6. The van der Waals surface area contributed by atoms with Gasteiger partial charge in [-0.1, -0.05) is 12.1 Å². The Hall–Kier alpha value is -3.16. The van der Waals surface area contributed by atoms with Crippen molar-refractivity contribution in [2.75, 3.05) is 25.6 Å². The summed E-state index contributed by atoms with van der Waals surface area (Å²) in [6.45, 7) is 1.51. The summed E-state index contributed by atoms with van der Waals surface area (Å²) in [6, 6.07) is 10.8. The molecule has 1 fully saturated rings. The smallest absolute Gasteiger partial charge is 0.410 e. The van der Waals surface area contributed by atoms with Gasteiger partial charge in [-0.2, -0.15) is 0 Å². The monoisotopic (exact) mass is 328 g/mol. The zero-order valence-electron chi connectivity index (χ0n) is 13.1. The Bertz CT molecular complexity index is 748. The molecule has 0 radical (unpaired) electrons. The van der Waals surface area contributed by atoms with Crippen molar-refractivity contribution in [2.24, 2.45) is 0 Å². The van der Waals surface area contributed by atoms with Gasteiger partial charge in [-0.25, -0.2) is 9.59 Å². The molecule has 8 heteroatoms. The summed E-state index contributed by atoms with van der Waals surface area (Å²) in [4.78, 5) is 24.5. The first-order valence-electron chi connectivity index (χ1n) is 7.35. The number of hydrogen-bond acceptors (Lipinski definition) is 7. The number of anilines is 2. The van der Waals surface area contributed by atoms with E-state index in [1.165, 1.54) is 13.2 Å². The van der Waals surface area contributed by atoms with E-state index in [0.717, 1.165) is 11.3 Å². The van der Waals surface area contributed by atoms with E-state index >= 15 is 0 Å². The van der Waals surface area contributed by atoms with E-state index in [4.69, 9.17) is 4.74 Å². The molecule has 0 saturated carbocycles. The van der Waals surface area contributed by atoms with Gasteiger partial charge in [-0.15, -0.1) is 10.2 Å². The highest BCUT2D eigenvalue weighted by Gasteiger charge is 2.21. The number of cyclic esters (lactones) is 1. The van der Waals surface area contributed by atoms with Gasteiger partial charge in [-0.3, -0.25) is 0 Å². The maximum absolute atomic E-state index is 11.5. The summed E-state index contributed by atoms with van der Waals surface area (Å²) in [6.07, 6.45) is -0.294. The molecule has 1 saturated heterocycles. The molecule has 2 heterocycles. The van der Waals surface area contributed by atoms with Gasteiger partial charge in [0.2, 0.25) is 0 Å². The Morgan fingerprint density at radius 2 is 2.21 bits per heavy atom. The van der Waals surface area contributed by atoms with E-state index in [1.54, 1.807) is 11.0 Å². The quantitative estimate of drug-likeness (QED) is 0.838. The van der Waals surface area contributed by atoms with Crippen LogP contribution < -0.4 is 5.32 Å². The summed E-state index contributed by atoms with van der Waals surface area (Å²) in [5, 5.41) is 10.9. The van der Waals surface area contributed by atoms with Crippen LogP contribution in [0.1, 0.15) is 16.1 Å². The van der Waals surface area contributed by atoms with Crippen molar-refractivity contribution in [1.82, 2.24) is 15.1 Å². The molecule has 0 bridgehead atoms. The molecule has 0 spiro atoms.